The van der Waals surface area contributed by atoms with E-state index in [0.717, 1.165) is 68.9 Å². The lowest BCUT2D eigenvalue weighted by Crippen LogP contribution is -2.45. The predicted molar refractivity (Wildman–Crippen MR) is 128 cm³/mol. The fourth-order valence-electron chi connectivity index (χ4n) is 5.33. The molecule has 2 aliphatic heterocycles. The number of nitrogens with zero attached hydrogens (tertiary/aromatic N) is 4. The molecule has 3 aromatic rings. The molecule has 0 saturated carbocycles. The summed E-state index contributed by atoms with van der Waals surface area (Å²) in [5, 5.41) is 3.30. The number of imidazole rings is 1. The Labute approximate surface area is 195 Å². The van der Waals surface area contributed by atoms with E-state index in [2.05, 4.69) is 44.9 Å². The molecule has 0 bridgehead atoms. The van der Waals surface area contributed by atoms with Crippen LogP contribution in [0.25, 0.3) is 11.0 Å². The number of aryl methyl sites for hydroxylation is 1. The molecule has 1 amide bonds. The van der Waals surface area contributed by atoms with Crippen LogP contribution in [-0.2, 0) is 22.6 Å². The molecule has 2 saturated heterocycles. The molecule has 7 heteroatoms. The Bertz CT molecular complexity index is 1080. The van der Waals surface area contributed by atoms with E-state index in [1.54, 1.807) is 0 Å². The fourth-order valence-corrected chi connectivity index (χ4v) is 5.33. The monoisotopic (exact) mass is 447 g/mol. The molecule has 2 aromatic heterocycles. The summed E-state index contributed by atoms with van der Waals surface area (Å²) in [5.41, 5.74) is 3.17. The van der Waals surface area contributed by atoms with Crippen LogP contribution in [0.5, 0.6) is 0 Å². The summed E-state index contributed by atoms with van der Waals surface area (Å²) in [6, 6.07) is 14.2. The van der Waals surface area contributed by atoms with Crippen molar-refractivity contribution in [3.05, 3.63) is 60.2 Å². The van der Waals surface area contributed by atoms with E-state index < -0.39 is 0 Å². The van der Waals surface area contributed by atoms with Crippen LogP contribution in [0.1, 0.15) is 50.2 Å². The minimum Gasteiger partial charge on any atom is -0.368 e. The number of ether oxygens (including phenoxy) is 1. The Morgan fingerprint density at radius 3 is 2.85 bits per heavy atom. The number of hydrogen-bond acceptors (Lipinski definition) is 5. The van der Waals surface area contributed by atoms with Gasteiger partial charge in [-0.2, -0.15) is 0 Å². The van der Waals surface area contributed by atoms with Crippen molar-refractivity contribution in [2.45, 2.75) is 57.8 Å². The number of carbonyl (C=O) groups is 1. The first-order chi connectivity index (χ1) is 16.2. The molecular formula is C26H33N5O2. The van der Waals surface area contributed by atoms with Crippen molar-refractivity contribution in [2.75, 3.05) is 19.7 Å². The van der Waals surface area contributed by atoms with E-state index in [-0.39, 0.29) is 18.1 Å². The number of aromatic nitrogens is 3. The van der Waals surface area contributed by atoms with Crippen LogP contribution in [0.15, 0.2) is 48.7 Å². The molecule has 7 nitrogen and oxygen atoms in total. The van der Waals surface area contributed by atoms with Crippen LogP contribution in [0.4, 0.5) is 0 Å². The zero-order chi connectivity index (χ0) is 22.6. The zero-order valence-corrected chi connectivity index (χ0v) is 19.3. The molecule has 2 aliphatic rings. The fraction of sp³-hybridized carbons (Fsp3) is 0.500. The average Bonchev–Trinajstić information content (AvgIpc) is 3.51. The molecule has 3 atom stereocenters. The van der Waals surface area contributed by atoms with Gasteiger partial charge >= 0.3 is 0 Å². The lowest BCUT2D eigenvalue weighted by Gasteiger charge is -2.37. The zero-order valence-electron chi connectivity index (χ0n) is 19.3. The van der Waals surface area contributed by atoms with Crippen LogP contribution in [0.3, 0.4) is 0 Å². The molecule has 4 heterocycles. The number of nitrogens with one attached hydrogen (secondary N) is 1. The highest BCUT2D eigenvalue weighted by atomic mass is 16.5. The number of piperidine rings is 1. The highest BCUT2D eigenvalue weighted by molar-refractivity contribution is 5.81. The first kappa shape index (κ1) is 22.0. The number of benzene rings is 1. The van der Waals surface area contributed by atoms with Gasteiger partial charge in [0.15, 0.2) is 0 Å². The lowest BCUT2D eigenvalue weighted by atomic mass is 9.88. The van der Waals surface area contributed by atoms with Gasteiger partial charge in [0, 0.05) is 25.9 Å². The molecule has 0 unspecified atom stereocenters. The number of fused-ring (bicyclic) bond motifs is 1. The van der Waals surface area contributed by atoms with Gasteiger partial charge in [-0.3, -0.25) is 14.7 Å². The number of amides is 1. The lowest BCUT2D eigenvalue weighted by molar-refractivity contribution is -0.131. The van der Waals surface area contributed by atoms with Crippen molar-refractivity contribution >= 4 is 16.9 Å². The van der Waals surface area contributed by atoms with Gasteiger partial charge in [-0.1, -0.05) is 18.2 Å². The molecule has 33 heavy (non-hydrogen) atoms. The van der Waals surface area contributed by atoms with E-state index in [1.807, 2.05) is 30.5 Å². The maximum Gasteiger partial charge on any atom is 0.249 e. The van der Waals surface area contributed by atoms with Crippen molar-refractivity contribution in [3.8, 4) is 0 Å². The van der Waals surface area contributed by atoms with Gasteiger partial charge in [0.25, 0.3) is 0 Å². The third-order valence-corrected chi connectivity index (χ3v) is 6.95. The van der Waals surface area contributed by atoms with E-state index in [9.17, 15) is 4.79 Å². The molecule has 0 aliphatic carbocycles. The Kier molecular flexibility index (Phi) is 6.69. The smallest absolute Gasteiger partial charge is 0.249 e. The van der Waals surface area contributed by atoms with Crippen molar-refractivity contribution in [2.24, 2.45) is 5.92 Å². The van der Waals surface area contributed by atoms with E-state index in [1.165, 1.54) is 5.52 Å². The van der Waals surface area contributed by atoms with Gasteiger partial charge in [-0.15, -0.1) is 0 Å². The van der Waals surface area contributed by atoms with Crippen LogP contribution in [-0.4, -0.2) is 51.1 Å². The SMILES string of the molecule is CCn1c(CN2CCC[C@H]([C@H](NC(=O)[C@@H]3CCCO3)c3ccccn3)C2)nc2ccccc21. The van der Waals surface area contributed by atoms with Crippen molar-refractivity contribution in [1.29, 1.82) is 0 Å². The summed E-state index contributed by atoms with van der Waals surface area (Å²) in [7, 11) is 0. The second-order valence-electron chi connectivity index (χ2n) is 9.14. The van der Waals surface area contributed by atoms with Crippen molar-refractivity contribution in [1.82, 2.24) is 24.8 Å². The quantitative estimate of drug-likeness (QED) is 0.598. The van der Waals surface area contributed by atoms with Crippen molar-refractivity contribution in [3.63, 3.8) is 0 Å². The highest BCUT2D eigenvalue weighted by Gasteiger charge is 2.33. The summed E-state index contributed by atoms with van der Waals surface area (Å²) in [6.45, 7) is 6.50. The summed E-state index contributed by atoms with van der Waals surface area (Å²) >= 11 is 0. The second-order valence-corrected chi connectivity index (χ2v) is 9.14. The maximum absolute atomic E-state index is 12.9. The first-order valence-electron chi connectivity index (χ1n) is 12.2. The number of rotatable bonds is 7. The number of hydrogen-bond donors (Lipinski definition) is 1. The van der Waals surface area contributed by atoms with E-state index in [0.29, 0.717) is 12.5 Å². The van der Waals surface area contributed by atoms with Crippen LogP contribution in [0, 0.1) is 5.92 Å². The van der Waals surface area contributed by atoms with Gasteiger partial charge < -0.3 is 14.6 Å². The molecule has 0 radical (unpaired) electrons. The highest BCUT2D eigenvalue weighted by Crippen LogP contribution is 2.30. The Balaban J connectivity index is 1.34. The van der Waals surface area contributed by atoms with Gasteiger partial charge in [0.05, 0.1) is 29.3 Å². The van der Waals surface area contributed by atoms with Gasteiger partial charge in [-0.25, -0.2) is 4.98 Å². The number of carbonyl (C=O) groups excluding carboxylic acids is 1. The van der Waals surface area contributed by atoms with Gasteiger partial charge in [-0.05, 0) is 69.3 Å². The standard InChI is InChI=1S/C26H33N5O2/c1-2-31-22-12-4-3-10-20(22)28-24(31)18-30-15-7-9-19(17-30)25(21-11-5-6-14-27-21)29-26(32)23-13-8-16-33-23/h3-6,10-12,14,19,23,25H,2,7-9,13,15-18H2,1H3,(H,29,32)/t19-,23-,25-/m0/s1. The van der Waals surface area contributed by atoms with Crippen LogP contribution in [0.2, 0.25) is 0 Å². The third kappa shape index (κ3) is 4.80. The summed E-state index contributed by atoms with van der Waals surface area (Å²) in [6.07, 6.45) is 5.38. The normalized spacial score (nSPS) is 22.5. The minimum absolute atomic E-state index is 0.00643. The molecule has 1 aromatic carbocycles. The summed E-state index contributed by atoms with van der Waals surface area (Å²) < 4.78 is 7.95. The predicted octanol–water partition coefficient (Wildman–Crippen LogP) is 3.70. The van der Waals surface area contributed by atoms with Crippen LogP contribution >= 0.6 is 0 Å². The topological polar surface area (TPSA) is 72.3 Å². The molecule has 5 rings (SSSR count). The number of likely N-dealkylation sites (tertiary alicyclic amines) is 1. The molecule has 2 fully saturated rings. The number of pyridine rings is 1. The summed E-state index contributed by atoms with van der Waals surface area (Å²) in [4.78, 5) is 25.0. The first-order valence-corrected chi connectivity index (χ1v) is 12.2. The van der Waals surface area contributed by atoms with Gasteiger partial charge in [0.2, 0.25) is 5.91 Å². The second kappa shape index (κ2) is 10.0. The van der Waals surface area contributed by atoms with E-state index >= 15 is 0 Å². The molecule has 0 spiro atoms. The minimum atomic E-state index is -0.333. The maximum atomic E-state index is 12.9. The Morgan fingerprint density at radius 1 is 1.18 bits per heavy atom. The number of para-hydroxylation sites is 2. The van der Waals surface area contributed by atoms with Crippen LogP contribution < -0.4 is 5.32 Å². The Hall–Kier alpha value is -2.77. The van der Waals surface area contributed by atoms with Gasteiger partial charge in [0.1, 0.15) is 11.9 Å². The molecular weight excluding hydrogens is 414 g/mol. The molecule has 1 N–H and O–H groups in total. The van der Waals surface area contributed by atoms with E-state index in [4.69, 9.17) is 9.72 Å². The third-order valence-electron chi connectivity index (χ3n) is 6.95. The summed E-state index contributed by atoms with van der Waals surface area (Å²) in [5.74, 6) is 1.39. The van der Waals surface area contributed by atoms with Crippen molar-refractivity contribution < 1.29 is 9.53 Å². The Morgan fingerprint density at radius 2 is 2.06 bits per heavy atom. The largest absolute Gasteiger partial charge is 0.368 e. The molecule has 174 valence electrons. The average molecular weight is 448 g/mol.